The molecule has 6 aromatic rings. The number of phenols is 1. The summed E-state index contributed by atoms with van der Waals surface area (Å²) in [7, 11) is 0. The second kappa shape index (κ2) is 19.3. The molecule has 0 radical (unpaired) electrons. The molecule has 6 N–H and O–H groups in total. The number of aliphatic hydroxyl groups is 2. The van der Waals surface area contributed by atoms with Crippen molar-refractivity contribution in [3.05, 3.63) is 81.0 Å². The van der Waals surface area contributed by atoms with Gasteiger partial charge in [-0.1, -0.05) is 36.4 Å². The maximum Gasteiger partial charge on any atom is 0.317 e. The van der Waals surface area contributed by atoms with E-state index in [4.69, 9.17) is 20.0 Å². The summed E-state index contributed by atoms with van der Waals surface area (Å²) in [5.41, 5.74) is 10.6. The number of rotatable bonds is 15. The standard InChI is InChI=1S/C53H63N13O7S2/c1-29(2)42(47(70)65-22-33(67)20-37(65)46(69)58-30(3)34-9-8-32(19-38(34)68)43-31(4)57-28-74-43)66-23-40(61-63-66)53(71)24-51(25-53)14-17-64(18-15-51)26-52(12-13-52)27-72-49-56-16-10-36(59-49)45-60-48(73-62-45)50(5)11-6-7-39-41(50)35(21-54)44(55)75-39/h8-10,16,19,23,28-30,33,37,42,67-68,71H,6-7,11-15,17-18,20,22,24-27,55H2,1-5H3,(H,58,69)/t30-,33+,37-,42-,50-/m0/s1. The number of nitrogens with two attached hydrogens (primary N) is 1. The van der Waals surface area contributed by atoms with Gasteiger partial charge in [-0.25, -0.2) is 14.6 Å². The number of carbonyl (C=O) groups is 2. The van der Waals surface area contributed by atoms with Crippen molar-refractivity contribution in [3.8, 4) is 39.8 Å². The van der Waals surface area contributed by atoms with Gasteiger partial charge in [0.25, 0.3) is 0 Å². The fourth-order valence-electron chi connectivity index (χ4n) is 12.3. The van der Waals surface area contributed by atoms with Crippen LogP contribution in [0.2, 0.25) is 0 Å². The SMILES string of the molecule is Cc1ncsc1-c1ccc([C@H](C)NC(=O)[C@@H]2C[C@@H](O)CN2C(=O)[C@H](C(C)C)n2cc(C3(O)CC4(CCN(CC5(COc6nccc(-c7noc([C@@]8(C)CCCc9sc(N)c(C#N)c98)n7)n6)CC5)CC4)C3)nn2)c(O)c1. The van der Waals surface area contributed by atoms with E-state index in [1.54, 1.807) is 43.0 Å². The van der Waals surface area contributed by atoms with Crippen molar-refractivity contribution in [2.24, 2.45) is 16.7 Å². The summed E-state index contributed by atoms with van der Waals surface area (Å²) in [6, 6.07) is 7.23. The van der Waals surface area contributed by atoms with Crippen molar-refractivity contribution < 1.29 is 34.2 Å². The minimum Gasteiger partial charge on any atom is -0.508 e. The highest BCUT2D eigenvalue weighted by molar-refractivity contribution is 7.16. The third kappa shape index (κ3) is 9.44. The molecule has 1 spiro atoms. The van der Waals surface area contributed by atoms with Crippen molar-refractivity contribution in [1.82, 2.24) is 55.2 Å². The number of fused-ring (bicyclic) bond motifs is 1. The second-order valence-electron chi connectivity index (χ2n) is 22.5. The maximum atomic E-state index is 14.4. The highest BCUT2D eigenvalue weighted by atomic mass is 32.1. The predicted molar refractivity (Wildman–Crippen MR) is 277 cm³/mol. The summed E-state index contributed by atoms with van der Waals surface area (Å²) < 4.78 is 13.6. The molecule has 75 heavy (non-hydrogen) atoms. The molecule has 22 heteroatoms. The van der Waals surface area contributed by atoms with E-state index in [1.807, 2.05) is 33.8 Å². The summed E-state index contributed by atoms with van der Waals surface area (Å²) in [6.07, 6.45) is 10.0. The summed E-state index contributed by atoms with van der Waals surface area (Å²) in [5, 5.41) is 60.3. The normalized spacial score (nSPS) is 23.3. The molecule has 2 saturated heterocycles. The van der Waals surface area contributed by atoms with E-state index in [1.165, 1.54) is 32.3 Å². The smallest absolute Gasteiger partial charge is 0.317 e. The van der Waals surface area contributed by atoms with E-state index in [0.717, 1.165) is 91.2 Å². The van der Waals surface area contributed by atoms with E-state index < -0.39 is 41.2 Å². The zero-order valence-corrected chi connectivity index (χ0v) is 44.5. The van der Waals surface area contributed by atoms with E-state index in [9.17, 15) is 30.2 Å². The van der Waals surface area contributed by atoms with Crippen LogP contribution in [0.3, 0.4) is 0 Å². The quantitative estimate of drug-likeness (QED) is 0.0747. The van der Waals surface area contributed by atoms with Gasteiger partial charge in [0, 0.05) is 47.1 Å². The molecule has 11 rings (SSSR count). The number of nitrogens with one attached hydrogen (secondary N) is 1. The number of ether oxygens (including phenoxy) is 1. The van der Waals surface area contributed by atoms with Crippen LogP contribution in [0.5, 0.6) is 11.8 Å². The average molecular weight is 1060 g/mol. The van der Waals surface area contributed by atoms with Crippen LogP contribution in [-0.2, 0) is 27.0 Å². The number of amides is 2. The van der Waals surface area contributed by atoms with Crippen LogP contribution in [0.1, 0.15) is 136 Å². The number of nitriles is 1. The Balaban J connectivity index is 0.674. The number of hydrogen-bond donors (Lipinski definition) is 5. The number of aromatic nitrogens is 8. The summed E-state index contributed by atoms with van der Waals surface area (Å²) in [6.45, 7) is 12.6. The fraction of sp³-hybridized carbons (Fsp3) is 0.547. The molecule has 394 valence electrons. The minimum absolute atomic E-state index is 0.00498. The molecule has 7 heterocycles. The first-order valence-electron chi connectivity index (χ1n) is 25.9. The van der Waals surface area contributed by atoms with Crippen LogP contribution in [0.15, 0.2) is 46.7 Å². The molecule has 20 nitrogen and oxygen atoms in total. The second-order valence-corrected chi connectivity index (χ2v) is 24.5. The van der Waals surface area contributed by atoms with Crippen LogP contribution >= 0.6 is 22.7 Å². The Morgan fingerprint density at radius 1 is 1.09 bits per heavy atom. The summed E-state index contributed by atoms with van der Waals surface area (Å²) >= 11 is 2.95. The van der Waals surface area contributed by atoms with Gasteiger partial charge in [-0.15, -0.1) is 27.8 Å². The van der Waals surface area contributed by atoms with Crippen LogP contribution in [0.4, 0.5) is 5.00 Å². The Bertz CT molecular complexity index is 3180. The number of β-amino-alcohol motifs (C(OH)–C–C–N with tert-alkyl or cyclic N) is 1. The molecule has 5 atom stereocenters. The topological polar surface area (TPSA) is 281 Å². The van der Waals surface area contributed by atoms with Gasteiger partial charge in [-0.05, 0) is 121 Å². The first-order chi connectivity index (χ1) is 35.9. The number of hydrogen-bond acceptors (Lipinski definition) is 19. The van der Waals surface area contributed by atoms with Gasteiger partial charge in [-0.3, -0.25) is 9.59 Å². The molecule has 3 aliphatic carbocycles. The monoisotopic (exact) mass is 1060 g/mol. The van der Waals surface area contributed by atoms with Crippen LogP contribution in [0.25, 0.3) is 22.0 Å². The third-order valence-corrected chi connectivity index (χ3v) is 18.7. The van der Waals surface area contributed by atoms with Gasteiger partial charge < -0.3 is 45.4 Å². The van der Waals surface area contributed by atoms with Gasteiger partial charge in [0.15, 0.2) is 0 Å². The number of likely N-dealkylation sites (tertiary alicyclic amines) is 2. The van der Waals surface area contributed by atoms with Crippen molar-refractivity contribution in [2.75, 3.05) is 38.5 Å². The Hall–Kier alpha value is -6.38. The lowest BCUT2D eigenvalue weighted by molar-refractivity contribution is -0.158. The van der Waals surface area contributed by atoms with Crippen LogP contribution in [0, 0.1) is 35.0 Å². The number of benzene rings is 1. The number of anilines is 1. The van der Waals surface area contributed by atoms with Crippen molar-refractivity contribution in [3.63, 3.8) is 0 Å². The summed E-state index contributed by atoms with van der Waals surface area (Å²) in [5.74, 6) is -0.281. The average Bonchev–Trinajstić information content (AvgIpc) is 4.03. The van der Waals surface area contributed by atoms with Crippen molar-refractivity contribution >= 4 is 39.5 Å². The van der Waals surface area contributed by atoms with Gasteiger partial charge in [0.05, 0.1) is 52.0 Å². The van der Waals surface area contributed by atoms with E-state index >= 15 is 0 Å². The number of phenolic OH excluding ortho intramolecular Hbond substituents is 1. The van der Waals surface area contributed by atoms with Crippen LogP contribution in [-0.4, -0.2) is 122 Å². The number of aliphatic hydroxyl groups excluding tert-OH is 1. The zero-order valence-electron chi connectivity index (χ0n) is 42.8. The first kappa shape index (κ1) is 50.8. The van der Waals surface area contributed by atoms with Gasteiger partial charge in [-0.2, -0.15) is 15.2 Å². The van der Waals surface area contributed by atoms with Crippen LogP contribution < -0.4 is 15.8 Å². The zero-order chi connectivity index (χ0) is 52.6. The lowest BCUT2D eigenvalue weighted by Gasteiger charge is -2.56. The van der Waals surface area contributed by atoms with Crippen molar-refractivity contribution in [2.45, 2.75) is 134 Å². The Morgan fingerprint density at radius 3 is 2.59 bits per heavy atom. The number of thiazole rings is 1. The van der Waals surface area contributed by atoms with E-state index in [0.29, 0.717) is 58.7 Å². The highest BCUT2D eigenvalue weighted by Gasteiger charge is 2.57. The Kier molecular flexibility index (Phi) is 13.1. The number of nitrogens with zero attached hydrogens (tertiary/aromatic N) is 11. The lowest BCUT2D eigenvalue weighted by atomic mass is 9.54. The number of thiophene rings is 1. The largest absolute Gasteiger partial charge is 0.508 e. The maximum absolute atomic E-state index is 14.4. The van der Waals surface area contributed by atoms with Gasteiger partial charge >= 0.3 is 6.01 Å². The number of aryl methyl sites for hydroxylation is 2. The summed E-state index contributed by atoms with van der Waals surface area (Å²) in [4.78, 5) is 52.4. The molecule has 0 bridgehead atoms. The van der Waals surface area contributed by atoms with E-state index in [2.05, 4.69) is 46.7 Å². The van der Waals surface area contributed by atoms with Crippen molar-refractivity contribution in [1.29, 1.82) is 5.26 Å². The lowest BCUT2D eigenvalue weighted by Crippen LogP contribution is -2.55. The van der Waals surface area contributed by atoms with E-state index in [-0.39, 0.29) is 47.4 Å². The molecule has 2 saturated carbocycles. The minimum atomic E-state index is -1.18. The Labute approximate surface area is 442 Å². The number of carbonyl (C=O) groups excluding carboxylic acids is 2. The predicted octanol–water partition coefficient (Wildman–Crippen LogP) is 6.37. The third-order valence-electron chi connectivity index (χ3n) is 16.7. The molecule has 5 aromatic heterocycles. The molecule has 4 fully saturated rings. The number of aromatic hydroxyl groups is 1. The molecule has 1 aromatic carbocycles. The number of nitrogen functional groups attached to an aromatic ring is 1. The highest BCUT2D eigenvalue weighted by Crippen LogP contribution is 2.59. The molecule has 5 aliphatic rings. The van der Waals surface area contributed by atoms with Gasteiger partial charge in [0.1, 0.15) is 45.9 Å². The first-order valence-corrected chi connectivity index (χ1v) is 27.6. The van der Waals surface area contributed by atoms with Gasteiger partial charge in [0.2, 0.25) is 23.5 Å². The Morgan fingerprint density at radius 2 is 1.88 bits per heavy atom. The fourth-order valence-corrected chi connectivity index (χ4v) is 14.3. The molecule has 0 unspecified atom stereocenters. The molecular weight excluding hydrogens is 995 g/mol. The number of piperidine rings is 1. The molecule has 2 aliphatic heterocycles. The molecule has 2 amide bonds. The molecular formula is C53H63N13O7S2.